The normalized spacial score (nSPS) is 12.7. The van der Waals surface area contributed by atoms with Crippen LogP contribution in [0, 0.1) is 0 Å². The highest BCUT2D eigenvalue weighted by Crippen LogP contribution is 2.21. The number of thiophene rings is 1. The zero-order valence-electron chi connectivity index (χ0n) is 12.4. The van der Waals surface area contributed by atoms with E-state index < -0.39 is 0 Å². The molecule has 1 rings (SSSR count). The number of hydrazine groups is 1. The molecule has 3 N–H and O–H groups in total. The van der Waals surface area contributed by atoms with E-state index in [1.54, 1.807) is 11.3 Å². The van der Waals surface area contributed by atoms with Gasteiger partial charge < -0.3 is 0 Å². The molecule has 3 heteroatoms. The summed E-state index contributed by atoms with van der Waals surface area (Å²) in [4.78, 5) is 0. The number of hydrogen-bond donors (Lipinski definition) is 2. The average molecular weight is 282 g/mol. The zero-order valence-corrected chi connectivity index (χ0v) is 13.2. The smallest absolute Gasteiger partial charge is 0.0468 e. The van der Waals surface area contributed by atoms with Crippen molar-refractivity contribution in [2.24, 2.45) is 5.84 Å². The Bertz CT molecular complexity index is 285. The zero-order chi connectivity index (χ0) is 13.8. The van der Waals surface area contributed by atoms with Crippen LogP contribution >= 0.6 is 11.3 Å². The van der Waals surface area contributed by atoms with Gasteiger partial charge in [0.2, 0.25) is 0 Å². The van der Waals surface area contributed by atoms with Crippen LogP contribution in [0.4, 0.5) is 0 Å². The molecule has 2 nitrogen and oxygen atoms in total. The molecule has 0 amide bonds. The second kappa shape index (κ2) is 11.4. The largest absolute Gasteiger partial charge is 0.271 e. The summed E-state index contributed by atoms with van der Waals surface area (Å²) in [6.45, 7) is 2.27. The first-order chi connectivity index (χ1) is 9.38. The third-order valence-corrected chi connectivity index (χ3v) is 4.44. The van der Waals surface area contributed by atoms with E-state index in [1.807, 2.05) is 0 Å². The Morgan fingerprint density at radius 2 is 1.68 bits per heavy atom. The van der Waals surface area contributed by atoms with Crippen molar-refractivity contribution in [3.63, 3.8) is 0 Å². The van der Waals surface area contributed by atoms with Crippen LogP contribution in [-0.2, 0) is 0 Å². The molecule has 0 aliphatic rings. The molecular weight excluding hydrogens is 252 g/mol. The number of unbranched alkanes of at least 4 members (excludes halogenated alkanes) is 8. The molecule has 1 unspecified atom stereocenters. The van der Waals surface area contributed by atoms with Crippen LogP contribution < -0.4 is 11.3 Å². The lowest BCUT2D eigenvalue weighted by atomic mass is 10.0. The maximum Gasteiger partial charge on any atom is 0.0468 e. The molecule has 0 saturated heterocycles. The predicted octanol–water partition coefficient (Wildman–Crippen LogP) is 5.17. The van der Waals surface area contributed by atoms with E-state index in [4.69, 9.17) is 5.84 Å². The van der Waals surface area contributed by atoms with Crippen LogP contribution in [0.3, 0.4) is 0 Å². The van der Waals surface area contributed by atoms with Crippen molar-refractivity contribution in [1.29, 1.82) is 0 Å². The van der Waals surface area contributed by atoms with E-state index in [2.05, 4.69) is 29.2 Å². The van der Waals surface area contributed by atoms with Gasteiger partial charge in [-0.05, 0) is 28.8 Å². The lowest BCUT2D eigenvalue weighted by Crippen LogP contribution is -2.27. The molecule has 0 radical (unpaired) electrons. The van der Waals surface area contributed by atoms with Crippen LogP contribution in [0.5, 0.6) is 0 Å². The van der Waals surface area contributed by atoms with E-state index in [-0.39, 0.29) is 0 Å². The molecule has 1 atom stereocenters. The maximum absolute atomic E-state index is 5.63. The van der Waals surface area contributed by atoms with Gasteiger partial charge in [-0.15, -0.1) is 0 Å². The molecule has 1 aromatic rings. The fourth-order valence-corrected chi connectivity index (χ4v) is 3.19. The average Bonchev–Trinajstić information content (AvgIpc) is 2.95. The van der Waals surface area contributed by atoms with E-state index in [1.165, 1.54) is 63.4 Å². The minimum absolute atomic E-state index is 0.343. The number of nitrogens with two attached hydrogens (primary N) is 1. The topological polar surface area (TPSA) is 38.0 Å². The van der Waals surface area contributed by atoms with E-state index in [0.29, 0.717) is 6.04 Å². The van der Waals surface area contributed by atoms with Gasteiger partial charge in [-0.25, -0.2) is 0 Å². The molecule has 0 aliphatic carbocycles. The Labute approximate surface area is 122 Å². The summed E-state index contributed by atoms with van der Waals surface area (Å²) in [6, 6.07) is 2.51. The van der Waals surface area contributed by atoms with Gasteiger partial charge in [-0.1, -0.05) is 64.7 Å². The molecule has 0 fully saturated rings. The van der Waals surface area contributed by atoms with E-state index >= 15 is 0 Å². The number of nitrogens with one attached hydrogen (secondary N) is 1. The van der Waals surface area contributed by atoms with Gasteiger partial charge in [-0.3, -0.25) is 11.3 Å². The fourth-order valence-electron chi connectivity index (χ4n) is 2.48. The van der Waals surface area contributed by atoms with Gasteiger partial charge in [0.1, 0.15) is 0 Å². The quantitative estimate of drug-likeness (QED) is 0.315. The van der Waals surface area contributed by atoms with E-state index in [9.17, 15) is 0 Å². The Morgan fingerprint density at radius 1 is 1.05 bits per heavy atom. The van der Waals surface area contributed by atoms with Crippen molar-refractivity contribution in [1.82, 2.24) is 5.43 Å². The summed E-state index contributed by atoms with van der Waals surface area (Å²) < 4.78 is 0. The third-order valence-electron chi connectivity index (χ3n) is 3.74. The van der Waals surface area contributed by atoms with Crippen molar-refractivity contribution >= 4 is 11.3 Å². The molecule has 0 spiro atoms. The van der Waals surface area contributed by atoms with Crippen LogP contribution in [0.2, 0.25) is 0 Å². The van der Waals surface area contributed by atoms with Gasteiger partial charge in [0.05, 0.1) is 0 Å². The minimum atomic E-state index is 0.343. The third kappa shape index (κ3) is 7.71. The fraction of sp³-hybridized carbons (Fsp3) is 0.750. The van der Waals surface area contributed by atoms with Crippen LogP contribution in [0.25, 0.3) is 0 Å². The Morgan fingerprint density at radius 3 is 2.21 bits per heavy atom. The second-order valence-corrected chi connectivity index (χ2v) is 6.17. The summed E-state index contributed by atoms with van der Waals surface area (Å²) >= 11 is 1.74. The first-order valence-electron chi connectivity index (χ1n) is 7.86. The number of hydrogen-bond acceptors (Lipinski definition) is 3. The predicted molar refractivity (Wildman–Crippen MR) is 86.2 cm³/mol. The van der Waals surface area contributed by atoms with Gasteiger partial charge in [0.25, 0.3) is 0 Å². The molecular formula is C16H30N2S. The molecule has 1 heterocycles. The summed E-state index contributed by atoms with van der Waals surface area (Å²) in [5.74, 6) is 5.63. The Balaban J connectivity index is 1.95. The first kappa shape index (κ1) is 16.7. The van der Waals surface area contributed by atoms with Crippen LogP contribution in [0.1, 0.15) is 82.7 Å². The molecule has 19 heavy (non-hydrogen) atoms. The van der Waals surface area contributed by atoms with Crippen molar-refractivity contribution < 1.29 is 0 Å². The summed E-state index contributed by atoms with van der Waals surface area (Å²) in [6.07, 6.45) is 13.6. The Hall–Kier alpha value is -0.380. The van der Waals surface area contributed by atoms with Gasteiger partial charge in [0.15, 0.2) is 0 Å². The first-order valence-corrected chi connectivity index (χ1v) is 8.81. The second-order valence-electron chi connectivity index (χ2n) is 5.39. The van der Waals surface area contributed by atoms with Gasteiger partial charge >= 0.3 is 0 Å². The van der Waals surface area contributed by atoms with E-state index in [0.717, 1.165) is 6.42 Å². The number of rotatable bonds is 12. The van der Waals surface area contributed by atoms with Crippen molar-refractivity contribution in [2.45, 2.75) is 77.2 Å². The SMILES string of the molecule is CCCCCCCCCCCC(NN)c1ccsc1. The summed E-state index contributed by atoms with van der Waals surface area (Å²) in [5, 5.41) is 4.31. The van der Waals surface area contributed by atoms with Crippen molar-refractivity contribution in [3.8, 4) is 0 Å². The highest BCUT2D eigenvalue weighted by molar-refractivity contribution is 7.07. The highest BCUT2D eigenvalue weighted by atomic mass is 32.1. The van der Waals surface area contributed by atoms with Crippen molar-refractivity contribution in [2.75, 3.05) is 0 Å². The van der Waals surface area contributed by atoms with Gasteiger partial charge in [-0.2, -0.15) is 11.3 Å². The monoisotopic (exact) mass is 282 g/mol. The summed E-state index contributed by atoms with van der Waals surface area (Å²) in [7, 11) is 0. The summed E-state index contributed by atoms with van der Waals surface area (Å²) in [5.41, 5.74) is 4.28. The molecule has 0 bridgehead atoms. The van der Waals surface area contributed by atoms with Crippen molar-refractivity contribution in [3.05, 3.63) is 22.4 Å². The lowest BCUT2D eigenvalue weighted by Gasteiger charge is -2.14. The lowest BCUT2D eigenvalue weighted by molar-refractivity contribution is 0.475. The molecule has 0 aromatic carbocycles. The molecule has 110 valence electrons. The molecule has 0 saturated carbocycles. The minimum Gasteiger partial charge on any atom is -0.271 e. The Kier molecular flexibility index (Phi) is 10.0. The maximum atomic E-state index is 5.63. The highest BCUT2D eigenvalue weighted by Gasteiger charge is 2.08. The molecule has 1 aromatic heterocycles. The van der Waals surface area contributed by atoms with Crippen LogP contribution in [0.15, 0.2) is 16.8 Å². The standard InChI is InChI=1S/C16H30N2S/c1-2-3-4-5-6-7-8-9-10-11-16(18-17)15-12-13-19-14-15/h12-14,16,18H,2-11,17H2,1H3. The van der Waals surface area contributed by atoms with Gasteiger partial charge in [0, 0.05) is 6.04 Å². The van der Waals surface area contributed by atoms with Crippen LogP contribution in [-0.4, -0.2) is 0 Å². The molecule has 0 aliphatic heterocycles.